The van der Waals surface area contributed by atoms with E-state index in [1.807, 2.05) is 12.5 Å². The third kappa shape index (κ3) is 3.41. The number of likely N-dealkylation sites (tertiary alicyclic amines) is 1. The number of piperidine rings is 1. The van der Waals surface area contributed by atoms with Crippen LogP contribution in [0.1, 0.15) is 50.8 Å². The van der Waals surface area contributed by atoms with Crippen LogP contribution in [0.4, 0.5) is 0 Å². The Balaban J connectivity index is 1.46. The Morgan fingerprint density at radius 3 is 2.90 bits per heavy atom. The van der Waals surface area contributed by atoms with Crippen LogP contribution >= 0.6 is 0 Å². The Morgan fingerprint density at radius 2 is 2.15 bits per heavy atom. The van der Waals surface area contributed by atoms with Crippen LogP contribution < -0.4 is 0 Å². The molecule has 2 heterocycles. The minimum absolute atomic E-state index is 0.739. The zero-order valence-corrected chi connectivity index (χ0v) is 13.0. The maximum Gasteiger partial charge on any atom is 0.0951 e. The number of likely N-dealkylation sites (N-methyl/N-ethyl adjacent to an activating group) is 1. The Labute approximate surface area is 122 Å². The number of hydrogen-bond acceptors (Lipinski definition) is 3. The molecule has 1 aliphatic carbocycles. The number of imidazole rings is 1. The van der Waals surface area contributed by atoms with E-state index in [2.05, 4.69) is 33.3 Å². The molecule has 3 rings (SSSR count). The summed E-state index contributed by atoms with van der Waals surface area (Å²) in [6.07, 6.45) is 10.9. The molecular formula is C16H28N4. The van der Waals surface area contributed by atoms with E-state index >= 15 is 0 Å². The standard InChI is InChI=1S/C16H28N4/c1-14-5-3-4-8-19(14)10-9-18(2)12-16-11-17-13-20(16)15-6-7-15/h11,13-15H,3-10,12H2,1-2H3/t14-/m0/s1. The fourth-order valence-corrected chi connectivity index (χ4v) is 3.28. The van der Waals surface area contributed by atoms with Crippen molar-refractivity contribution in [2.24, 2.45) is 0 Å². The number of rotatable bonds is 6. The van der Waals surface area contributed by atoms with E-state index in [1.165, 1.54) is 50.9 Å². The van der Waals surface area contributed by atoms with Crippen LogP contribution in [0.3, 0.4) is 0 Å². The molecule has 1 saturated heterocycles. The minimum atomic E-state index is 0.739. The lowest BCUT2D eigenvalue weighted by Crippen LogP contribution is -2.41. The van der Waals surface area contributed by atoms with E-state index in [4.69, 9.17) is 0 Å². The largest absolute Gasteiger partial charge is 0.330 e. The molecule has 0 radical (unpaired) electrons. The third-order valence-corrected chi connectivity index (χ3v) is 4.83. The molecule has 1 aromatic heterocycles. The molecule has 0 bridgehead atoms. The fraction of sp³-hybridized carbons (Fsp3) is 0.812. The smallest absolute Gasteiger partial charge is 0.0951 e. The Kier molecular flexibility index (Phi) is 4.41. The molecule has 1 saturated carbocycles. The minimum Gasteiger partial charge on any atom is -0.330 e. The Hall–Kier alpha value is -0.870. The van der Waals surface area contributed by atoms with Crippen LogP contribution in [0.15, 0.2) is 12.5 Å². The van der Waals surface area contributed by atoms with Gasteiger partial charge in [-0.15, -0.1) is 0 Å². The average Bonchev–Trinajstić information content (AvgIpc) is 3.19. The lowest BCUT2D eigenvalue weighted by Gasteiger charge is -2.34. The first-order valence-corrected chi connectivity index (χ1v) is 8.17. The highest BCUT2D eigenvalue weighted by atomic mass is 15.2. The highest BCUT2D eigenvalue weighted by Crippen LogP contribution is 2.35. The monoisotopic (exact) mass is 276 g/mol. The van der Waals surface area contributed by atoms with Gasteiger partial charge >= 0.3 is 0 Å². The van der Waals surface area contributed by atoms with Crippen LogP contribution in [0, 0.1) is 0 Å². The van der Waals surface area contributed by atoms with Crippen molar-refractivity contribution in [1.82, 2.24) is 19.4 Å². The van der Waals surface area contributed by atoms with Crippen LogP contribution in [-0.2, 0) is 6.54 Å². The quantitative estimate of drug-likeness (QED) is 0.798. The zero-order chi connectivity index (χ0) is 13.9. The number of nitrogens with zero attached hydrogens (tertiary/aromatic N) is 4. The summed E-state index contributed by atoms with van der Waals surface area (Å²) in [4.78, 5) is 9.42. The van der Waals surface area contributed by atoms with Crippen molar-refractivity contribution >= 4 is 0 Å². The van der Waals surface area contributed by atoms with Crippen molar-refractivity contribution in [3.63, 3.8) is 0 Å². The molecule has 20 heavy (non-hydrogen) atoms. The molecule has 0 unspecified atom stereocenters. The van der Waals surface area contributed by atoms with Gasteiger partial charge in [0.25, 0.3) is 0 Å². The zero-order valence-electron chi connectivity index (χ0n) is 13.0. The molecule has 0 spiro atoms. The van der Waals surface area contributed by atoms with Crippen molar-refractivity contribution in [1.29, 1.82) is 0 Å². The SMILES string of the molecule is C[C@H]1CCCCN1CCN(C)Cc1cncn1C1CC1. The predicted octanol–water partition coefficient (Wildman–Crippen LogP) is 2.52. The van der Waals surface area contributed by atoms with Gasteiger partial charge in [0.15, 0.2) is 0 Å². The molecule has 112 valence electrons. The highest BCUT2D eigenvalue weighted by Gasteiger charge is 2.25. The van der Waals surface area contributed by atoms with E-state index in [1.54, 1.807) is 0 Å². The topological polar surface area (TPSA) is 24.3 Å². The molecule has 0 amide bonds. The molecule has 1 aromatic rings. The number of hydrogen-bond donors (Lipinski definition) is 0. The number of aromatic nitrogens is 2. The van der Waals surface area contributed by atoms with Gasteiger partial charge in [0.05, 0.1) is 12.0 Å². The lowest BCUT2D eigenvalue weighted by atomic mass is 10.0. The summed E-state index contributed by atoms with van der Waals surface area (Å²) in [6.45, 7) is 7.05. The van der Waals surface area contributed by atoms with Gasteiger partial charge in [-0.3, -0.25) is 9.80 Å². The average molecular weight is 276 g/mol. The summed E-state index contributed by atoms with van der Waals surface area (Å²) >= 11 is 0. The summed E-state index contributed by atoms with van der Waals surface area (Å²) < 4.78 is 2.38. The van der Waals surface area contributed by atoms with Gasteiger partial charge in [-0.1, -0.05) is 6.42 Å². The molecule has 4 heteroatoms. The Morgan fingerprint density at radius 1 is 1.30 bits per heavy atom. The summed E-state index contributed by atoms with van der Waals surface area (Å²) in [5.74, 6) is 0. The predicted molar refractivity (Wildman–Crippen MR) is 81.7 cm³/mol. The van der Waals surface area contributed by atoms with Gasteiger partial charge in [-0.05, 0) is 46.2 Å². The first-order chi connectivity index (χ1) is 9.74. The van der Waals surface area contributed by atoms with Crippen LogP contribution in [0.2, 0.25) is 0 Å². The molecule has 4 nitrogen and oxygen atoms in total. The van der Waals surface area contributed by atoms with E-state index in [0.717, 1.165) is 25.2 Å². The molecule has 2 aliphatic rings. The fourth-order valence-electron chi connectivity index (χ4n) is 3.28. The first kappa shape index (κ1) is 14.1. The molecule has 2 fully saturated rings. The maximum atomic E-state index is 4.32. The van der Waals surface area contributed by atoms with E-state index in [9.17, 15) is 0 Å². The maximum absolute atomic E-state index is 4.32. The Bertz CT molecular complexity index is 424. The second-order valence-electron chi connectivity index (χ2n) is 6.64. The molecule has 1 aliphatic heterocycles. The highest BCUT2D eigenvalue weighted by molar-refractivity contribution is 5.03. The normalized spacial score (nSPS) is 24.4. The van der Waals surface area contributed by atoms with Crippen molar-refractivity contribution in [2.45, 2.75) is 57.7 Å². The van der Waals surface area contributed by atoms with Crippen LogP contribution in [0.25, 0.3) is 0 Å². The molecular weight excluding hydrogens is 248 g/mol. The van der Waals surface area contributed by atoms with E-state index in [-0.39, 0.29) is 0 Å². The van der Waals surface area contributed by atoms with Gasteiger partial charge in [0.1, 0.15) is 0 Å². The van der Waals surface area contributed by atoms with Gasteiger partial charge in [0.2, 0.25) is 0 Å². The van der Waals surface area contributed by atoms with E-state index in [0.29, 0.717) is 0 Å². The van der Waals surface area contributed by atoms with Gasteiger partial charge in [-0.25, -0.2) is 4.98 Å². The molecule has 1 atom stereocenters. The van der Waals surface area contributed by atoms with Crippen molar-refractivity contribution < 1.29 is 0 Å². The third-order valence-electron chi connectivity index (χ3n) is 4.83. The summed E-state index contributed by atoms with van der Waals surface area (Å²) in [5.41, 5.74) is 1.38. The van der Waals surface area contributed by atoms with Crippen molar-refractivity contribution in [3.05, 3.63) is 18.2 Å². The second-order valence-corrected chi connectivity index (χ2v) is 6.64. The second kappa shape index (κ2) is 6.27. The summed E-state index contributed by atoms with van der Waals surface area (Å²) in [6, 6.07) is 1.51. The van der Waals surface area contributed by atoms with E-state index < -0.39 is 0 Å². The van der Waals surface area contributed by atoms with Gasteiger partial charge in [-0.2, -0.15) is 0 Å². The van der Waals surface area contributed by atoms with Crippen molar-refractivity contribution in [2.75, 3.05) is 26.7 Å². The van der Waals surface area contributed by atoms with Crippen molar-refractivity contribution in [3.8, 4) is 0 Å². The van der Waals surface area contributed by atoms with Crippen LogP contribution in [-0.4, -0.2) is 52.1 Å². The van der Waals surface area contributed by atoms with Crippen LogP contribution in [0.5, 0.6) is 0 Å². The van der Waals surface area contributed by atoms with Gasteiger partial charge < -0.3 is 4.57 Å². The lowest BCUT2D eigenvalue weighted by molar-refractivity contribution is 0.140. The molecule has 0 N–H and O–H groups in total. The molecule has 0 aromatic carbocycles. The summed E-state index contributed by atoms with van der Waals surface area (Å²) in [7, 11) is 2.23. The van der Waals surface area contributed by atoms with Gasteiger partial charge in [0, 0.05) is 37.9 Å². The first-order valence-electron chi connectivity index (χ1n) is 8.17. The summed E-state index contributed by atoms with van der Waals surface area (Å²) in [5, 5.41) is 0.